The molecule has 0 fully saturated rings. The molecule has 2 heterocycles. The van der Waals surface area contributed by atoms with Crippen molar-refractivity contribution in [2.45, 2.75) is 6.42 Å². The highest BCUT2D eigenvalue weighted by atomic mass is 35.5. The maximum Gasteiger partial charge on any atom is 0.356 e. The molecule has 84 valence electrons. The summed E-state index contributed by atoms with van der Waals surface area (Å²) in [4.78, 5) is 16.9. The SMILES string of the molecule is O=C(O)c1nc(N2CC=CCC2)ccc1Cl. The number of rotatable bonds is 2. The van der Waals surface area contributed by atoms with Gasteiger partial charge in [-0.1, -0.05) is 23.8 Å². The first-order valence-electron chi connectivity index (χ1n) is 4.98. The van der Waals surface area contributed by atoms with E-state index in [2.05, 4.69) is 11.1 Å². The zero-order valence-corrected chi connectivity index (χ0v) is 9.31. The van der Waals surface area contributed by atoms with Gasteiger partial charge in [-0.3, -0.25) is 0 Å². The molecule has 1 aliphatic rings. The number of hydrogen-bond donors (Lipinski definition) is 1. The third-order valence-electron chi connectivity index (χ3n) is 2.42. The van der Waals surface area contributed by atoms with Crippen LogP contribution >= 0.6 is 11.6 Å². The Balaban J connectivity index is 2.31. The first kappa shape index (κ1) is 11.0. The van der Waals surface area contributed by atoms with E-state index < -0.39 is 5.97 Å². The van der Waals surface area contributed by atoms with Crippen LogP contribution in [0.1, 0.15) is 16.9 Å². The van der Waals surface area contributed by atoms with Gasteiger partial charge in [-0.25, -0.2) is 9.78 Å². The Morgan fingerprint density at radius 3 is 2.88 bits per heavy atom. The van der Waals surface area contributed by atoms with Crippen LogP contribution in [0, 0.1) is 0 Å². The predicted octanol–water partition coefficient (Wildman–Crippen LogP) is 2.20. The van der Waals surface area contributed by atoms with Crippen LogP contribution in [-0.2, 0) is 0 Å². The Hall–Kier alpha value is -1.55. The molecule has 1 aliphatic heterocycles. The number of carboxylic acid groups (broad SMARTS) is 1. The molecule has 1 aromatic heterocycles. The van der Waals surface area contributed by atoms with Gasteiger partial charge in [0.2, 0.25) is 0 Å². The average molecular weight is 239 g/mol. The maximum absolute atomic E-state index is 10.9. The van der Waals surface area contributed by atoms with E-state index in [0.29, 0.717) is 5.82 Å². The van der Waals surface area contributed by atoms with E-state index in [9.17, 15) is 4.79 Å². The van der Waals surface area contributed by atoms with E-state index in [4.69, 9.17) is 16.7 Å². The van der Waals surface area contributed by atoms with Crippen LogP contribution in [0.25, 0.3) is 0 Å². The van der Waals surface area contributed by atoms with E-state index >= 15 is 0 Å². The van der Waals surface area contributed by atoms with Crippen molar-refractivity contribution in [3.05, 3.63) is 35.0 Å². The highest BCUT2D eigenvalue weighted by molar-refractivity contribution is 6.33. The van der Waals surface area contributed by atoms with Crippen molar-refractivity contribution in [1.29, 1.82) is 0 Å². The zero-order chi connectivity index (χ0) is 11.5. The number of aromatic nitrogens is 1. The fraction of sp³-hybridized carbons (Fsp3) is 0.273. The molecule has 0 saturated carbocycles. The Morgan fingerprint density at radius 2 is 2.25 bits per heavy atom. The summed E-state index contributed by atoms with van der Waals surface area (Å²) in [5, 5.41) is 9.08. The number of hydrogen-bond acceptors (Lipinski definition) is 3. The number of carbonyl (C=O) groups is 1. The molecule has 16 heavy (non-hydrogen) atoms. The van der Waals surface area contributed by atoms with Gasteiger partial charge in [0, 0.05) is 13.1 Å². The second-order valence-electron chi connectivity index (χ2n) is 3.51. The second-order valence-corrected chi connectivity index (χ2v) is 3.92. The van der Waals surface area contributed by atoms with Gasteiger partial charge in [-0.05, 0) is 18.6 Å². The van der Waals surface area contributed by atoms with Crippen molar-refractivity contribution in [3.63, 3.8) is 0 Å². The molecule has 0 spiro atoms. The number of aromatic carboxylic acids is 1. The molecule has 0 saturated heterocycles. The summed E-state index contributed by atoms with van der Waals surface area (Å²) in [6, 6.07) is 3.32. The second kappa shape index (κ2) is 4.53. The summed E-state index contributed by atoms with van der Waals surface area (Å²) >= 11 is 5.75. The van der Waals surface area contributed by atoms with Gasteiger partial charge < -0.3 is 10.0 Å². The fourth-order valence-electron chi connectivity index (χ4n) is 1.61. The lowest BCUT2D eigenvalue weighted by molar-refractivity contribution is 0.0691. The molecule has 1 aromatic rings. The monoisotopic (exact) mass is 238 g/mol. The minimum Gasteiger partial charge on any atom is -0.476 e. The van der Waals surface area contributed by atoms with Crippen LogP contribution in [0.15, 0.2) is 24.3 Å². The zero-order valence-electron chi connectivity index (χ0n) is 8.56. The van der Waals surface area contributed by atoms with Gasteiger partial charge >= 0.3 is 5.97 Å². The van der Waals surface area contributed by atoms with Crippen molar-refractivity contribution in [1.82, 2.24) is 4.98 Å². The summed E-state index contributed by atoms with van der Waals surface area (Å²) < 4.78 is 0. The van der Waals surface area contributed by atoms with Crippen molar-refractivity contribution < 1.29 is 9.90 Å². The predicted molar refractivity (Wildman–Crippen MR) is 62.2 cm³/mol. The molecule has 0 amide bonds. The van der Waals surface area contributed by atoms with Gasteiger partial charge in [0.1, 0.15) is 5.82 Å². The smallest absolute Gasteiger partial charge is 0.356 e. The van der Waals surface area contributed by atoms with Crippen molar-refractivity contribution >= 4 is 23.4 Å². The third kappa shape index (κ3) is 2.17. The molecule has 0 bridgehead atoms. The maximum atomic E-state index is 10.9. The van der Waals surface area contributed by atoms with Gasteiger partial charge in [0.15, 0.2) is 5.69 Å². The van der Waals surface area contributed by atoms with Crippen LogP contribution in [-0.4, -0.2) is 29.1 Å². The molecule has 0 aliphatic carbocycles. The number of halogens is 1. The van der Waals surface area contributed by atoms with E-state index in [1.165, 1.54) is 0 Å². The van der Waals surface area contributed by atoms with E-state index in [1.807, 2.05) is 11.0 Å². The van der Waals surface area contributed by atoms with Crippen molar-refractivity contribution in [2.75, 3.05) is 18.0 Å². The standard InChI is InChI=1S/C11H11ClN2O2/c12-8-4-5-9(13-10(8)11(15)16)14-6-2-1-3-7-14/h1-2,4-5H,3,6-7H2,(H,15,16). The first-order chi connectivity index (χ1) is 7.68. The number of pyridine rings is 1. The number of anilines is 1. The average Bonchev–Trinajstić information content (AvgIpc) is 2.30. The lowest BCUT2D eigenvalue weighted by Gasteiger charge is -2.24. The molecular formula is C11H11ClN2O2. The minimum atomic E-state index is -1.10. The van der Waals surface area contributed by atoms with E-state index in [0.717, 1.165) is 19.5 Å². The quantitative estimate of drug-likeness (QED) is 0.803. The van der Waals surface area contributed by atoms with Crippen LogP contribution in [0.4, 0.5) is 5.82 Å². The molecule has 0 unspecified atom stereocenters. The van der Waals surface area contributed by atoms with Crippen molar-refractivity contribution in [2.24, 2.45) is 0 Å². The molecule has 0 aromatic carbocycles. The van der Waals surface area contributed by atoms with E-state index in [-0.39, 0.29) is 10.7 Å². The Kier molecular flexibility index (Phi) is 3.10. The molecular weight excluding hydrogens is 228 g/mol. The first-order valence-corrected chi connectivity index (χ1v) is 5.36. The van der Waals surface area contributed by atoms with Gasteiger partial charge in [-0.2, -0.15) is 0 Å². The van der Waals surface area contributed by atoms with Crippen LogP contribution in [0.2, 0.25) is 5.02 Å². The van der Waals surface area contributed by atoms with Gasteiger partial charge in [0.25, 0.3) is 0 Å². The molecule has 2 rings (SSSR count). The molecule has 0 atom stereocenters. The van der Waals surface area contributed by atoms with Gasteiger partial charge in [0.05, 0.1) is 5.02 Å². The summed E-state index contributed by atoms with van der Waals surface area (Å²) in [6.45, 7) is 1.61. The highest BCUT2D eigenvalue weighted by Crippen LogP contribution is 2.20. The summed E-state index contributed by atoms with van der Waals surface area (Å²) in [5.74, 6) is -0.439. The summed E-state index contributed by atoms with van der Waals surface area (Å²) in [7, 11) is 0. The van der Waals surface area contributed by atoms with Crippen molar-refractivity contribution in [3.8, 4) is 0 Å². The lowest BCUT2D eigenvalue weighted by atomic mass is 10.2. The Morgan fingerprint density at radius 1 is 1.44 bits per heavy atom. The number of nitrogens with zero attached hydrogens (tertiary/aromatic N) is 2. The van der Waals surface area contributed by atoms with Crippen LogP contribution < -0.4 is 4.90 Å². The fourth-order valence-corrected chi connectivity index (χ4v) is 1.79. The topological polar surface area (TPSA) is 53.4 Å². The third-order valence-corrected chi connectivity index (χ3v) is 2.72. The highest BCUT2D eigenvalue weighted by Gasteiger charge is 2.15. The summed E-state index contributed by atoms with van der Waals surface area (Å²) in [6.07, 6.45) is 5.09. The van der Waals surface area contributed by atoms with E-state index in [1.54, 1.807) is 12.1 Å². The number of carboxylic acids is 1. The van der Waals surface area contributed by atoms with Gasteiger partial charge in [-0.15, -0.1) is 0 Å². The molecule has 0 radical (unpaired) electrons. The Labute approximate surface area is 98.2 Å². The molecule has 1 N–H and O–H groups in total. The lowest BCUT2D eigenvalue weighted by Crippen LogP contribution is -2.28. The molecule has 5 heteroatoms. The normalized spacial score (nSPS) is 15.2. The molecule has 4 nitrogen and oxygen atoms in total. The minimum absolute atomic E-state index is 0.0891. The van der Waals surface area contributed by atoms with Crippen LogP contribution in [0.5, 0.6) is 0 Å². The largest absolute Gasteiger partial charge is 0.476 e. The Bertz CT molecular complexity index is 446. The summed E-state index contributed by atoms with van der Waals surface area (Å²) in [5.41, 5.74) is -0.0891. The van der Waals surface area contributed by atoms with Crippen LogP contribution in [0.3, 0.4) is 0 Å².